The summed E-state index contributed by atoms with van der Waals surface area (Å²) in [4.78, 5) is -0.625. The summed E-state index contributed by atoms with van der Waals surface area (Å²) in [7, 11) is -4.06. The van der Waals surface area contributed by atoms with Gasteiger partial charge in [-0.2, -0.15) is 0 Å². The summed E-state index contributed by atoms with van der Waals surface area (Å²) in [5.41, 5.74) is 3.73. The monoisotopic (exact) mass is 290 g/mol. The molecule has 0 aromatic heterocycles. The molecule has 1 aromatic rings. The predicted molar refractivity (Wildman–Crippen MR) is 67.9 cm³/mol. The van der Waals surface area contributed by atoms with Crippen LogP contribution < -0.4 is 10.5 Å². The van der Waals surface area contributed by atoms with E-state index in [-0.39, 0.29) is 5.92 Å². The first-order valence-corrected chi connectivity index (χ1v) is 7.41. The SMILES string of the molecule is CC(C)(NS(=O)(=O)c1ccc(F)c(N)c1F)C1CC1. The minimum Gasteiger partial charge on any atom is -0.394 e. The third kappa shape index (κ3) is 2.71. The first-order chi connectivity index (χ1) is 8.65. The highest BCUT2D eigenvalue weighted by molar-refractivity contribution is 7.89. The molecule has 0 saturated heterocycles. The van der Waals surface area contributed by atoms with E-state index < -0.39 is 37.8 Å². The van der Waals surface area contributed by atoms with E-state index in [2.05, 4.69) is 4.72 Å². The number of anilines is 1. The van der Waals surface area contributed by atoms with Crippen LogP contribution in [0, 0.1) is 17.6 Å². The number of benzene rings is 1. The molecule has 0 amide bonds. The smallest absolute Gasteiger partial charge is 0.244 e. The molecule has 7 heteroatoms. The highest BCUT2D eigenvalue weighted by Gasteiger charge is 2.41. The summed E-state index contributed by atoms with van der Waals surface area (Å²) in [5, 5.41) is 0. The number of sulfonamides is 1. The molecular weight excluding hydrogens is 274 g/mol. The van der Waals surface area contributed by atoms with Crippen LogP contribution in [0.3, 0.4) is 0 Å². The van der Waals surface area contributed by atoms with Crippen molar-refractivity contribution in [1.29, 1.82) is 0 Å². The first-order valence-electron chi connectivity index (χ1n) is 5.92. The average molecular weight is 290 g/mol. The van der Waals surface area contributed by atoms with Crippen molar-refractivity contribution in [2.75, 3.05) is 5.73 Å². The fourth-order valence-electron chi connectivity index (χ4n) is 2.05. The van der Waals surface area contributed by atoms with Gasteiger partial charge in [0, 0.05) is 5.54 Å². The second kappa shape index (κ2) is 4.42. The maximum Gasteiger partial charge on any atom is 0.244 e. The summed E-state index contributed by atoms with van der Waals surface area (Å²) >= 11 is 0. The van der Waals surface area contributed by atoms with Gasteiger partial charge in [0.2, 0.25) is 10.0 Å². The van der Waals surface area contributed by atoms with Gasteiger partial charge in [0.1, 0.15) is 16.4 Å². The molecule has 19 heavy (non-hydrogen) atoms. The molecule has 1 aromatic carbocycles. The molecule has 1 aliphatic carbocycles. The van der Waals surface area contributed by atoms with Gasteiger partial charge < -0.3 is 5.73 Å². The highest BCUT2D eigenvalue weighted by Crippen LogP contribution is 2.40. The predicted octanol–water partition coefficient (Wildman–Crippen LogP) is 2.01. The van der Waals surface area contributed by atoms with E-state index in [0.29, 0.717) is 0 Å². The molecule has 0 spiro atoms. The number of rotatable bonds is 4. The molecule has 0 aliphatic heterocycles. The number of halogens is 2. The van der Waals surface area contributed by atoms with E-state index in [4.69, 9.17) is 5.73 Å². The van der Waals surface area contributed by atoms with E-state index in [0.717, 1.165) is 25.0 Å². The standard InChI is InChI=1S/C12H16F2N2O2S/c1-12(2,7-3-4-7)16-19(17,18)9-6-5-8(13)11(15)10(9)14/h5-7,16H,3-4,15H2,1-2H3. The van der Waals surface area contributed by atoms with Gasteiger partial charge in [-0.05, 0) is 44.7 Å². The summed E-state index contributed by atoms with van der Waals surface area (Å²) in [6.07, 6.45) is 1.87. The normalized spacial score (nSPS) is 16.6. The lowest BCUT2D eigenvalue weighted by Crippen LogP contribution is -2.45. The summed E-state index contributed by atoms with van der Waals surface area (Å²) in [6.45, 7) is 3.49. The van der Waals surface area contributed by atoms with Gasteiger partial charge in [-0.15, -0.1) is 0 Å². The quantitative estimate of drug-likeness (QED) is 0.833. The van der Waals surface area contributed by atoms with Crippen LogP contribution in [0.4, 0.5) is 14.5 Å². The summed E-state index contributed by atoms with van der Waals surface area (Å²) in [6, 6.07) is 1.73. The van der Waals surface area contributed by atoms with Crippen molar-refractivity contribution in [2.24, 2.45) is 5.92 Å². The van der Waals surface area contributed by atoms with Gasteiger partial charge in [-0.25, -0.2) is 21.9 Å². The zero-order valence-electron chi connectivity index (χ0n) is 10.7. The summed E-state index contributed by atoms with van der Waals surface area (Å²) < 4.78 is 53.5. The maximum absolute atomic E-state index is 13.8. The number of nitrogens with two attached hydrogens (primary N) is 1. The Kier molecular flexibility index (Phi) is 3.30. The average Bonchev–Trinajstić information content (AvgIpc) is 3.07. The highest BCUT2D eigenvalue weighted by atomic mass is 32.2. The van der Waals surface area contributed by atoms with Gasteiger partial charge in [-0.3, -0.25) is 0 Å². The van der Waals surface area contributed by atoms with Gasteiger partial charge in [-0.1, -0.05) is 0 Å². The molecule has 4 nitrogen and oxygen atoms in total. The van der Waals surface area contributed by atoms with Crippen LogP contribution in [0.25, 0.3) is 0 Å². The van der Waals surface area contributed by atoms with E-state index in [1.807, 2.05) is 0 Å². The Hall–Kier alpha value is -1.21. The lowest BCUT2D eigenvalue weighted by atomic mass is 10.0. The minimum atomic E-state index is -4.06. The molecular formula is C12H16F2N2O2S. The lowest BCUT2D eigenvalue weighted by molar-refractivity contribution is 0.399. The van der Waals surface area contributed by atoms with Crippen molar-refractivity contribution in [3.05, 3.63) is 23.8 Å². The van der Waals surface area contributed by atoms with Crippen molar-refractivity contribution in [2.45, 2.75) is 37.1 Å². The Morgan fingerprint density at radius 2 is 1.89 bits per heavy atom. The molecule has 0 atom stereocenters. The van der Waals surface area contributed by atoms with E-state index in [1.165, 1.54) is 0 Å². The molecule has 0 heterocycles. The summed E-state index contributed by atoms with van der Waals surface area (Å²) in [5.74, 6) is -1.99. The van der Waals surface area contributed by atoms with Gasteiger partial charge in [0.05, 0.1) is 0 Å². The van der Waals surface area contributed by atoms with Crippen LogP contribution in [0.15, 0.2) is 17.0 Å². The van der Waals surface area contributed by atoms with Crippen LogP contribution >= 0.6 is 0 Å². The van der Waals surface area contributed by atoms with E-state index in [1.54, 1.807) is 13.8 Å². The molecule has 106 valence electrons. The Morgan fingerprint density at radius 3 is 2.42 bits per heavy atom. The number of hydrogen-bond acceptors (Lipinski definition) is 3. The molecule has 0 bridgehead atoms. The van der Waals surface area contributed by atoms with E-state index >= 15 is 0 Å². The zero-order valence-corrected chi connectivity index (χ0v) is 11.5. The zero-order chi connectivity index (χ0) is 14.4. The Bertz CT molecular complexity index is 610. The Balaban J connectivity index is 2.37. The molecule has 3 N–H and O–H groups in total. The van der Waals surface area contributed by atoms with Crippen molar-refractivity contribution in [3.63, 3.8) is 0 Å². The molecule has 1 aliphatic rings. The lowest BCUT2D eigenvalue weighted by Gasteiger charge is -2.26. The van der Waals surface area contributed by atoms with Crippen LogP contribution in [-0.4, -0.2) is 14.0 Å². The third-order valence-corrected chi connectivity index (χ3v) is 5.07. The third-order valence-electron chi connectivity index (χ3n) is 3.38. The number of nitrogen functional groups attached to an aromatic ring is 1. The molecule has 0 radical (unpaired) electrons. The largest absolute Gasteiger partial charge is 0.394 e. The van der Waals surface area contributed by atoms with Crippen molar-refractivity contribution >= 4 is 15.7 Å². The van der Waals surface area contributed by atoms with Crippen molar-refractivity contribution < 1.29 is 17.2 Å². The van der Waals surface area contributed by atoms with Crippen molar-refractivity contribution in [3.8, 4) is 0 Å². The van der Waals surface area contributed by atoms with Crippen LogP contribution in [0.1, 0.15) is 26.7 Å². The van der Waals surface area contributed by atoms with Crippen LogP contribution in [-0.2, 0) is 10.0 Å². The molecule has 2 rings (SSSR count). The Labute approximate surface area is 111 Å². The van der Waals surface area contributed by atoms with Crippen LogP contribution in [0.2, 0.25) is 0 Å². The second-order valence-electron chi connectivity index (χ2n) is 5.37. The van der Waals surface area contributed by atoms with Gasteiger partial charge in [0.25, 0.3) is 0 Å². The fraction of sp³-hybridized carbons (Fsp3) is 0.500. The van der Waals surface area contributed by atoms with Crippen molar-refractivity contribution in [1.82, 2.24) is 4.72 Å². The maximum atomic E-state index is 13.8. The molecule has 0 unspecified atom stereocenters. The van der Waals surface area contributed by atoms with Crippen LogP contribution in [0.5, 0.6) is 0 Å². The Morgan fingerprint density at radius 1 is 1.32 bits per heavy atom. The molecule has 1 saturated carbocycles. The minimum absolute atomic E-state index is 0.239. The number of hydrogen-bond donors (Lipinski definition) is 2. The number of nitrogens with one attached hydrogen (secondary N) is 1. The van der Waals surface area contributed by atoms with Gasteiger partial charge in [0.15, 0.2) is 5.82 Å². The fourth-order valence-corrected chi connectivity index (χ4v) is 3.61. The molecule has 1 fully saturated rings. The topological polar surface area (TPSA) is 72.2 Å². The first kappa shape index (κ1) is 14.2. The second-order valence-corrected chi connectivity index (χ2v) is 7.03. The van der Waals surface area contributed by atoms with E-state index in [9.17, 15) is 17.2 Å². The van der Waals surface area contributed by atoms with Gasteiger partial charge >= 0.3 is 0 Å².